The average Bonchev–Trinajstić information content (AvgIpc) is 2.65. The Kier molecular flexibility index (Phi) is 1.70. The molecule has 0 unspecified atom stereocenters. The number of fused-ring (bicyclic) bond motifs is 3. The number of halogens is 1. The molecular weight excluding hydrogens is 210 g/mol. The molecule has 3 aromatic rings. The molecule has 3 nitrogen and oxygen atoms in total. The van der Waals surface area contributed by atoms with E-state index in [0.29, 0.717) is 11.0 Å². The Bertz CT molecular complexity index is 657. The molecule has 74 valence electrons. The topological polar surface area (TPSA) is 41.6 Å². The lowest BCUT2D eigenvalue weighted by molar-refractivity contribution is 1.09. The molecule has 0 atom stereocenters. The summed E-state index contributed by atoms with van der Waals surface area (Å²) in [6.45, 7) is 1.84. The Morgan fingerprint density at radius 2 is 2.00 bits per heavy atom. The number of aromatic nitrogens is 3. The van der Waals surface area contributed by atoms with E-state index in [4.69, 9.17) is 11.6 Å². The lowest BCUT2D eigenvalue weighted by Gasteiger charge is -2.02. The molecule has 0 saturated carbocycles. The second-order valence-electron chi connectivity index (χ2n) is 3.46. The molecular formula is C11H8ClN3. The van der Waals surface area contributed by atoms with Crippen molar-refractivity contribution in [2.75, 3.05) is 0 Å². The fourth-order valence-corrected chi connectivity index (χ4v) is 2.07. The number of aromatic amines is 1. The molecule has 1 aromatic carbocycles. The molecule has 0 fully saturated rings. The zero-order valence-electron chi connectivity index (χ0n) is 8.08. The number of benzene rings is 1. The minimum Gasteiger partial charge on any atom is -0.361 e. The van der Waals surface area contributed by atoms with Gasteiger partial charge in [0.2, 0.25) is 0 Å². The third-order valence-corrected chi connectivity index (χ3v) is 2.75. The molecule has 1 N–H and O–H groups in total. The maximum absolute atomic E-state index is 6.07. The summed E-state index contributed by atoms with van der Waals surface area (Å²) >= 11 is 6.07. The first kappa shape index (κ1) is 8.68. The first-order valence-electron chi connectivity index (χ1n) is 4.65. The monoisotopic (exact) mass is 217 g/mol. The highest BCUT2D eigenvalue weighted by molar-refractivity contribution is 6.34. The SMILES string of the molecule is Cc1nc(Cl)c2ccc3[nH]ccc3c2n1. The lowest BCUT2D eigenvalue weighted by Crippen LogP contribution is -1.90. The van der Waals surface area contributed by atoms with E-state index in [2.05, 4.69) is 15.0 Å². The summed E-state index contributed by atoms with van der Waals surface area (Å²) in [7, 11) is 0. The largest absolute Gasteiger partial charge is 0.361 e. The lowest BCUT2D eigenvalue weighted by atomic mass is 10.2. The maximum Gasteiger partial charge on any atom is 0.140 e. The van der Waals surface area contributed by atoms with Crippen LogP contribution in [0.2, 0.25) is 5.15 Å². The van der Waals surface area contributed by atoms with Crippen molar-refractivity contribution < 1.29 is 0 Å². The van der Waals surface area contributed by atoms with Gasteiger partial charge in [0.15, 0.2) is 0 Å². The molecule has 2 heterocycles. The van der Waals surface area contributed by atoms with Gasteiger partial charge >= 0.3 is 0 Å². The zero-order valence-corrected chi connectivity index (χ0v) is 8.84. The Hall–Kier alpha value is -1.61. The van der Waals surface area contributed by atoms with Crippen molar-refractivity contribution in [2.45, 2.75) is 6.92 Å². The van der Waals surface area contributed by atoms with Crippen LogP contribution >= 0.6 is 11.6 Å². The molecule has 4 heteroatoms. The summed E-state index contributed by atoms with van der Waals surface area (Å²) in [6.07, 6.45) is 1.90. The van der Waals surface area contributed by atoms with E-state index >= 15 is 0 Å². The predicted molar refractivity (Wildman–Crippen MR) is 61.1 cm³/mol. The summed E-state index contributed by atoms with van der Waals surface area (Å²) in [5, 5.41) is 2.50. The fraction of sp³-hybridized carbons (Fsp3) is 0.0909. The highest BCUT2D eigenvalue weighted by Gasteiger charge is 2.07. The molecule has 0 aliphatic heterocycles. The highest BCUT2D eigenvalue weighted by Crippen LogP contribution is 2.26. The molecule has 0 amide bonds. The second kappa shape index (κ2) is 2.94. The molecule has 0 radical (unpaired) electrons. The Morgan fingerprint density at radius 1 is 1.13 bits per heavy atom. The standard InChI is InChI=1S/C11H8ClN3/c1-6-14-10-7-4-5-13-9(7)3-2-8(10)11(12)15-6/h2-5,13H,1H3. The van der Waals surface area contributed by atoms with E-state index < -0.39 is 0 Å². The van der Waals surface area contributed by atoms with Crippen molar-refractivity contribution >= 4 is 33.4 Å². The van der Waals surface area contributed by atoms with Crippen LogP contribution in [-0.2, 0) is 0 Å². The van der Waals surface area contributed by atoms with Crippen LogP contribution in [0.4, 0.5) is 0 Å². The fourth-order valence-electron chi connectivity index (χ4n) is 1.79. The minimum atomic E-state index is 0.514. The molecule has 0 aliphatic carbocycles. The number of rotatable bonds is 0. The van der Waals surface area contributed by atoms with Crippen molar-refractivity contribution in [1.82, 2.24) is 15.0 Å². The zero-order chi connectivity index (χ0) is 10.4. The normalized spacial score (nSPS) is 11.3. The third kappa shape index (κ3) is 1.20. The highest BCUT2D eigenvalue weighted by atomic mass is 35.5. The van der Waals surface area contributed by atoms with E-state index in [0.717, 1.165) is 21.8 Å². The van der Waals surface area contributed by atoms with E-state index in [1.54, 1.807) is 0 Å². The number of aryl methyl sites for hydroxylation is 1. The van der Waals surface area contributed by atoms with Gasteiger partial charge in [-0.15, -0.1) is 0 Å². The minimum absolute atomic E-state index is 0.514. The van der Waals surface area contributed by atoms with Crippen LogP contribution in [0, 0.1) is 6.92 Å². The van der Waals surface area contributed by atoms with Gasteiger partial charge in [0, 0.05) is 22.5 Å². The average molecular weight is 218 g/mol. The van der Waals surface area contributed by atoms with Gasteiger partial charge in [-0.25, -0.2) is 9.97 Å². The van der Waals surface area contributed by atoms with E-state index in [1.165, 1.54) is 0 Å². The van der Waals surface area contributed by atoms with Gasteiger partial charge in [-0.1, -0.05) is 11.6 Å². The molecule has 0 bridgehead atoms. The summed E-state index contributed by atoms with van der Waals surface area (Å²) in [6, 6.07) is 5.93. The molecule has 0 saturated heterocycles. The van der Waals surface area contributed by atoms with Crippen LogP contribution in [-0.4, -0.2) is 15.0 Å². The molecule has 2 aromatic heterocycles. The Labute approximate surface area is 91.1 Å². The maximum atomic E-state index is 6.07. The van der Waals surface area contributed by atoms with E-state index in [9.17, 15) is 0 Å². The van der Waals surface area contributed by atoms with Crippen molar-refractivity contribution in [3.63, 3.8) is 0 Å². The second-order valence-corrected chi connectivity index (χ2v) is 3.82. The summed E-state index contributed by atoms with van der Waals surface area (Å²) in [4.78, 5) is 11.7. The van der Waals surface area contributed by atoms with Crippen LogP contribution in [0.15, 0.2) is 24.4 Å². The van der Waals surface area contributed by atoms with Crippen LogP contribution in [0.1, 0.15) is 5.82 Å². The molecule has 0 aliphatic rings. The molecule has 15 heavy (non-hydrogen) atoms. The number of hydrogen-bond donors (Lipinski definition) is 1. The van der Waals surface area contributed by atoms with Gasteiger partial charge < -0.3 is 4.98 Å². The summed E-state index contributed by atoms with van der Waals surface area (Å²) in [5.74, 6) is 0.696. The first-order valence-corrected chi connectivity index (χ1v) is 5.03. The van der Waals surface area contributed by atoms with Crippen LogP contribution < -0.4 is 0 Å². The van der Waals surface area contributed by atoms with Crippen LogP contribution in [0.25, 0.3) is 21.8 Å². The summed E-state index contributed by atoms with van der Waals surface area (Å²) in [5.41, 5.74) is 1.97. The van der Waals surface area contributed by atoms with Crippen molar-refractivity contribution in [1.29, 1.82) is 0 Å². The van der Waals surface area contributed by atoms with E-state index in [-0.39, 0.29) is 0 Å². The van der Waals surface area contributed by atoms with Crippen LogP contribution in [0.5, 0.6) is 0 Å². The smallest absolute Gasteiger partial charge is 0.140 e. The van der Waals surface area contributed by atoms with Gasteiger partial charge in [0.25, 0.3) is 0 Å². The Balaban J connectivity index is 2.61. The van der Waals surface area contributed by atoms with Gasteiger partial charge in [-0.2, -0.15) is 0 Å². The van der Waals surface area contributed by atoms with E-state index in [1.807, 2.05) is 31.3 Å². The quantitative estimate of drug-likeness (QED) is 0.588. The van der Waals surface area contributed by atoms with Crippen molar-refractivity contribution in [3.05, 3.63) is 35.4 Å². The van der Waals surface area contributed by atoms with Gasteiger partial charge in [0.1, 0.15) is 11.0 Å². The van der Waals surface area contributed by atoms with Crippen LogP contribution in [0.3, 0.4) is 0 Å². The van der Waals surface area contributed by atoms with Gasteiger partial charge in [-0.3, -0.25) is 0 Å². The third-order valence-electron chi connectivity index (χ3n) is 2.46. The number of nitrogens with zero attached hydrogens (tertiary/aromatic N) is 2. The van der Waals surface area contributed by atoms with Crippen molar-refractivity contribution in [3.8, 4) is 0 Å². The number of hydrogen-bond acceptors (Lipinski definition) is 2. The Morgan fingerprint density at radius 3 is 2.87 bits per heavy atom. The first-order chi connectivity index (χ1) is 7.25. The predicted octanol–water partition coefficient (Wildman–Crippen LogP) is 3.07. The molecule has 3 rings (SSSR count). The number of nitrogens with one attached hydrogen (secondary N) is 1. The van der Waals surface area contributed by atoms with Gasteiger partial charge in [-0.05, 0) is 25.1 Å². The summed E-state index contributed by atoms with van der Waals surface area (Å²) < 4.78 is 0. The van der Waals surface area contributed by atoms with Gasteiger partial charge in [0.05, 0.1) is 5.52 Å². The van der Waals surface area contributed by atoms with Crippen molar-refractivity contribution in [2.24, 2.45) is 0 Å². The molecule has 0 spiro atoms. The number of H-pyrrole nitrogens is 1.